The van der Waals surface area contributed by atoms with Crippen molar-refractivity contribution < 1.29 is 10.2 Å². The van der Waals surface area contributed by atoms with Crippen LogP contribution >= 0.6 is 23.2 Å². The highest BCUT2D eigenvalue weighted by molar-refractivity contribution is 6.35. The van der Waals surface area contributed by atoms with Gasteiger partial charge in [0.1, 0.15) is 5.75 Å². The average Bonchev–Trinajstić information content (AvgIpc) is 2.33. The highest BCUT2D eigenvalue weighted by atomic mass is 35.5. The van der Waals surface area contributed by atoms with Gasteiger partial charge >= 0.3 is 0 Å². The average molecular weight is 297 g/mol. The fourth-order valence-corrected chi connectivity index (χ4v) is 2.45. The minimum atomic E-state index is -0.555. The maximum absolute atomic E-state index is 10.1. The molecule has 0 heterocycles. The van der Waals surface area contributed by atoms with Gasteiger partial charge in [-0.3, -0.25) is 0 Å². The zero-order chi connectivity index (χ0) is 13.8. The van der Waals surface area contributed by atoms with Crippen molar-refractivity contribution in [1.82, 2.24) is 0 Å². The molecule has 1 unspecified atom stereocenters. The molecule has 2 rings (SSSR count). The van der Waals surface area contributed by atoms with Crippen molar-refractivity contribution in [1.29, 1.82) is 0 Å². The third kappa shape index (κ3) is 4.13. The van der Waals surface area contributed by atoms with E-state index in [2.05, 4.69) is 0 Å². The van der Waals surface area contributed by atoms with Gasteiger partial charge < -0.3 is 10.2 Å². The van der Waals surface area contributed by atoms with Gasteiger partial charge in [-0.25, -0.2) is 0 Å². The van der Waals surface area contributed by atoms with Gasteiger partial charge in [0.2, 0.25) is 0 Å². The molecule has 2 N–H and O–H groups in total. The summed E-state index contributed by atoms with van der Waals surface area (Å²) in [6.07, 6.45) is 0.361. The minimum absolute atomic E-state index is 0.203. The number of hydrogen-bond donors (Lipinski definition) is 2. The van der Waals surface area contributed by atoms with Crippen LogP contribution in [0.2, 0.25) is 10.0 Å². The number of phenols is 1. The molecule has 2 nitrogen and oxygen atoms in total. The third-order valence-electron chi connectivity index (χ3n) is 2.85. The molecule has 0 aromatic heterocycles. The molecule has 100 valence electrons. The zero-order valence-electron chi connectivity index (χ0n) is 10.2. The van der Waals surface area contributed by atoms with Gasteiger partial charge in [-0.2, -0.15) is 0 Å². The largest absolute Gasteiger partial charge is 0.508 e. The molecule has 1 atom stereocenters. The lowest BCUT2D eigenvalue weighted by atomic mass is 10.0. The number of phenolic OH excluding ortho intramolecular Hbond substituents is 1. The summed E-state index contributed by atoms with van der Waals surface area (Å²) in [5.74, 6) is 0.203. The van der Waals surface area contributed by atoms with Crippen LogP contribution in [0.25, 0.3) is 0 Å². The lowest BCUT2D eigenvalue weighted by molar-refractivity contribution is 0.175. The molecule has 0 spiro atoms. The topological polar surface area (TPSA) is 40.5 Å². The molecule has 0 aliphatic heterocycles. The summed E-state index contributed by atoms with van der Waals surface area (Å²) in [7, 11) is 0. The summed E-state index contributed by atoms with van der Waals surface area (Å²) in [6, 6.07) is 12.1. The standard InChI is InChI=1S/C15H14Cl2O2/c16-12-5-4-11(15(17)9-12)8-14(19)7-10-2-1-3-13(18)6-10/h1-6,9,14,18-19H,7-8H2. The lowest BCUT2D eigenvalue weighted by Crippen LogP contribution is -2.14. The lowest BCUT2D eigenvalue weighted by Gasteiger charge is -2.12. The van der Waals surface area contributed by atoms with Gasteiger partial charge in [0.05, 0.1) is 6.10 Å². The van der Waals surface area contributed by atoms with Gasteiger partial charge in [-0.05, 0) is 41.8 Å². The van der Waals surface area contributed by atoms with Gasteiger partial charge in [0, 0.05) is 16.5 Å². The smallest absolute Gasteiger partial charge is 0.115 e. The Morgan fingerprint density at radius 1 is 1.00 bits per heavy atom. The SMILES string of the molecule is Oc1cccc(CC(O)Cc2ccc(Cl)cc2Cl)c1. The molecule has 0 saturated heterocycles. The fourth-order valence-electron chi connectivity index (χ4n) is 1.97. The highest BCUT2D eigenvalue weighted by Gasteiger charge is 2.10. The Kier molecular flexibility index (Phi) is 4.70. The summed E-state index contributed by atoms with van der Waals surface area (Å²) < 4.78 is 0. The Morgan fingerprint density at radius 3 is 2.47 bits per heavy atom. The molecule has 19 heavy (non-hydrogen) atoms. The number of aliphatic hydroxyl groups excluding tert-OH is 1. The molecule has 4 heteroatoms. The summed E-state index contributed by atoms with van der Waals surface area (Å²) in [5, 5.41) is 20.6. The van der Waals surface area contributed by atoms with Crippen LogP contribution in [0.15, 0.2) is 42.5 Å². The van der Waals surface area contributed by atoms with E-state index in [-0.39, 0.29) is 5.75 Å². The van der Waals surface area contributed by atoms with Gasteiger partial charge in [-0.1, -0.05) is 41.4 Å². The summed E-state index contributed by atoms with van der Waals surface area (Å²) >= 11 is 11.9. The van der Waals surface area contributed by atoms with E-state index in [0.717, 1.165) is 11.1 Å². The van der Waals surface area contributed by atoms with Crippen molar-refractivity contribution in [3.8, 4) is 5.75 Å². The third-order valence-corrected chi connectivity index (χ3v) is 3.44. The molecule has 0 saturated carbocycles. The van der Waals surface area contributed by atoms with Crippen LogP contribution in [0.1, 0.15) is 11.1 Å². The van der Waals surface area contributed by atoms with Crippen molar-refractivity contribution in [3.05, 3.63) is 63.6 Å². The summed E-state index contributed by atoms with van der Waals surface area (Å²) in [5.41, 5.74) is 1.75. The first-order valence-electron chi connectivity index (χ1n) is 5.94. The fraction of sp³-hybridized carbons (Fsp3) is 0.200. The molecule has 0 aliphatic rings. The quantitative estimate of drug-likeness (QED) is 0.900. The van der Waals surface area contributed by atoms with Crippen molar-refractivity contribution in [2.24, 2.45) is 0 Å². The van der Waals surface area contributed by atoms with Crippen LogP contribution in [0.4, 0.5) is 0 Å². The molecule has 0 radical (unpaired) electrons. The first kappa shape index (κ1) is 14.2. The number of aromatic hydroxyl groups is 1. The molecule has 2 aromatic rings. The van der Waals surface area contributed by atoms with Crippen LogP contribution in [-0.2, 0) is 12.8 Å². The minimum Gasteiger partial charge on any atom is -0.508 e. The highest BCUT2D eigenvalue weighted by Crippen LogP contribution is 2.23. The van der Waals surface area contributed by atoms with E-state index < -0.39 is 6.10 Å². The number of hydrogen-bond acceptors (Lipinski definition) is 2. The van der Waals surface area contributed by atoms with E-state index in [0.29, 0.717) is 22.9 Å². The Morgan fingerprint density at radius 2 is 1.79 bits per heavy atom. The molecular weight excluding hydrogens is 283 g/mol. The van der Waals surface area contributed by atoms with E-state index in [4.69, 9.17) is 23.2 Å². The van der Waals surface area contributed by atoms with Gasteiger partial charge in [0.25, 0.3) is 0 Å². The van der Waals surface area contributed by atoms with Crippen molar-refractivity contribution in [3.63, 3.8) is 0 Å². The van der Waals surface area contributed by atoms with E-state index in [1.807, 2.05) is 12.1 Å². The number of benzene rings is 2. The molecular formula is C15H14Cl2O2. The van der Waals surface area contributed by atoms with Crippen LogP contribution in [-0.4, -0.2) is 16.3 Å². The normalized spacial score (nSPS) is 12.4. The van der Waals surface area contributed by atoms with Crippen molar-refractivity contribution in [2.75, 3.05) is 0 Å². The second kappa shape index (κ2) is 6.29. The first-order chi connectivity index (χ1) is 9.04. The first-order valence-corrected chi connectivity index (χ1v) is 6.70. The Labute approximate surface area is 122 Å². The van der Waals surface area contributed by atoms with Crippen molar-refractivity contribution >= 4 is 23.2 Å². The Hall–Kier alpha value is -1.22. The molecule has 2 aromatic carbocycles. The van der Waals surface area contributed by atoms with Crippen molar-refractivity contribution in [2.45, 2.75) is 18.9 Å². The van der Waals surface area contributed by atoms with Crippen LogP contribution in [0.5, 0.6) is 5.75 Å². The molecule has 0 fully saturated rings. The summed E-state index contributed by atoms with van der Waals surface area (Å²) in [4.78, 5) is 0. The number of rotatable bonds is 4. The van der Waals surface area contributed by atoms with E-state index in [1.165, 1.54) is 0 Å². The van der Waals surface area contributed by atoms with Crippen LogP contribution < -0.4 is 0 Å². The van der Waals surface area contributed by atoms with Gasteiger partial charge in [0.15, 0.2) is 0 Å². The second-order valence-corrected chi connectivity index (χ2v) is 5.31. The van der Waals surface area contributed by atoms with Crippen LogP contribution in [0.3, 0.4) is 0 Å². The van der Waals surface area contributed by atoms with E-state index in [9.17, 15) is 10.2 Å². The summed E-state index contributed by atoms with van der Waals surface area (Å²) in [6.45, 7) is 0. The number of aliphatic hydroxyl groups is 1. The molecule has 0 aliphatic carbocycles. The second-order valence-electron chi connectivity index (χ2n) is 4.47. The van der Waals surface area contributed by atoms with E-state index in [1.54, 1.807) is 30.3 Å². The Balaban J connectivity index is 2.03. The Bertz CT molecular complexity index is 570. The number of halogens is 2. The maximum atomic E-state index is 10.1. The molecule has 0 amide bonds. The molecule has 0 bridgehead atoms. The van der Waals surface area contributed by atoms with Crippen LogP contribution in [0, 0.1) is 0 Å². The maximum Gasteiger partial charge on any atom is 0.115 e. The van der Waals surface area contributed by atoms with E-state index >= 15 is 0 Å². The zero-order valence-corrected chi connectivity index (χ0v) is 11.7. The van der Waals surface area contributed by atoms with Gasteiger partial charge in [-0.15, -0.1) is 0 Å². The monoisotopic (exact) mass is 296 g/mol. The predicted octanol–water partition coefficient (Wildman–Crippen LogP) is 3.85. The predicted molar refractivity (Wildman–Crippen MR) is 78.0 cm³/mol.